The molecule has 0 spiro atoms. The molecule has 0 saturated heterocycles. The summed E-state index contributed by atoms with van der Waals surface area (Å²) in [5.74, 6) is -0.471. The van der Waals surface area contributed by atoms with Crippen LogP contribution in [0.3, 0.4) is 0 Å². The summed E-state index contributed by atoms with van der Waals surface area (Å²) in [6, 6.07) is 2.14. The van der Waals surface area contributed by atoms with Crippen molar-refractivity contribution in [1.82, 2.24) is 0 Å². The number of rotatable bonds is 3. The van der Waals surface area contributed by atoms with Gasteiger partial charge in [0, 0.05) is 11.1 Å². The summed E-state index contributed by atoms with van der Waals surface area (Å²) < 4.78 is 0. The number of phenols is 1. The molecule has 90 valence electrons. The first-order valence-electron chi connectivity index (χ1n) is 4.32. The van der Waals surface area contributed by atoms with E-state index in [9.17, 15) is 15.2 Å². The van der Waals surface area contributed by atoms with Gasteiger partial charge in [-0.25, -0.2) is 0 Å². The fraction of sp³-hybridized carbons (Fsp3) is 0.333. The minimum atomic E-state index is -0.815. The summed E-state index contributed by atoms with van der Waals surface area (Å²) >= 11 is 0. The Morgan fingerprint density at radius 1 is 1.56 bits per heavy atom. The van der Waals surface area contributed by atoms with E-state index in [1.807, 2.05) is 0 Å². The van der Waals surface area contributed by atoms with Crippen LogP contribution in [0.1, 0.15) is 17.2 Å². The standard InChI is InChI=1S/C9H12N2O4.ClH/c1-5-2-3-6(7(10)4-12)9(13)8(5)11(14)15;/h2-3,7,12-13H,4,10H2,1H3;1H/t7-;/m1./s1. The van der Waals surface area contributed by atoms with Crippen LogP contribution in [0.15, 0.2) is 12.1 Å². The van der Waals surface area contributed by atoms with Crippen LogP contribution in [0.4, 0.5) is 5.69 Å². The molecular weight excluding hydrogens is 236 g/mol. The van der Waals surface area contributed by atoms with Crippen molar-refractivity contribution in [3.63, 3.8) is 0 Å². The molecule has 7 heteroatoms. The zero-order valence-corrected chi connectivity index (χ0v) is 9.40. The van der Waals surface area contributed by atoms with Crippen molar-refractivity contribution >= 4 is 18.1 Å². The molecule has 1 rings (SSSR count). The molecule has 0 amide bonds. The van der Waals surface area contributed by atoms with Crippen LogP contribution in [-0.2, 0) is 0 Å². The molecule has 0 aliphatic carbocycles. The van der Waals surface area contributed by atoms with E-state index in [0.717, 1.165) is 0 Å². The van der Waals surface area contributed by atoms with Gasteiger partial charge in [0.2, 0.25) is 0 Å². The molecular formula is C9H13ClN2O4. The van der Waals surface area contributed by atoms with E-state index in [1.165, 1.54) is 19.1 Å². The average Bonchev–Trinajstić information content (AvgIpc) is 2.16. The highest BCUT2D eigenvalue weighted by Gasteiger charge is 2.22. The third kappa shape index (κ3) is 2.60. The number of halogens is 1. The Bertz CT molecular complexity index is 397. The smallest absolute Gasteiger partial charge is 0.313 e. The van der Waals surface area contributed by atoms with Crippen LogP contribution in [0, 0.1) is 17.0 Å². The fourth-order valence-corrected chi connectivity index (χ4v) is 1.32. The molecule has 0 fully saturated rings. The summed E-state index contributed by atoms with van der Waals surface area (Å²) in [4.78, 5) is 9.98. The number of nitrogens with two attached hydrogens (primary N) is 1. The molecule has 1 atom stereocenters. The highest BCUT2D eigenvalue weighted by molar-refractivity contribution is 5.85. The first-order chi connectivity index (χ1) is 6.99. The van der Waals surface area contributed by atoms with Crippen molar-refractivity contribution in [3.05, 3.63) is 33.4 Å². The second-order valence-electron chi connectivity index (χ2n) is 3.22. The van der Waals surface area contributed by atoms with Crippen LogP contribution in [0.2, 0.25) is 0 Å². The van der Waals surface area contributed by atoms with Gasteiger partial charge in [0.15, 0.2) is 5.75 Å². The van der Waals surface area contributed by atoms with Gasteiger partial charge in [-0.3, -0.25) is 10.1 Å². The Morgan fingerprint density at radius 2 is 2.12 bits per heavy atom. The van der Waals surface area contributed by atoms with E-state index in [0.29, 0.717) is 5.56 Å². The van der Waals surface area contributed by atoms with Gasteiger partial charge in [-0.2, -0.15) is 0 Å². The molecule has 0 aliphatic rings. The molecule has 1 aromatic carbocycles. The number of aryl methyl sites for hydroxylation is 1. The number of hydrogen-bond donors (Lipinski definition) is 3. The fourth-order valence-electron chi connectivity index (χ4n) is 1.32. The van der Waals surface area contributed by atoms with Crippen LogP contribution >= 0.6 is 12.4 Å². The van der Waals surface area contributed by atoms with Crippen molar-refractivity contribution in [2.45, 2.75) is 13.0 Å². The quantitative estimate of drug-likeness (QED) is 0.547. The van der Waals surface area contributed by atoms with Gasteiger partial charge < -0.3 is 15.9 Å². The van der Waals surface area contributed by atoms with Crippen molar-refractivity contribution < 1.29 is 15.1 Å². The van der Waals surface area contributed by atoms with E-state index < -0.39 is 16.7 Å². The monoisotopic (exact) mass is 248 g/mol. The SMILES string of the molecule is Cc1ccc([C@H](N)CO)c(O)c1[N+](=O)[O-].Cl. The molecule has 0 radical (unpaired) electrons. The number of aromatic hydroxyl groups is 1. The predicted molar refractivity (Wildman–Crippen MR) is 60.8 cm³/mol. The Hall–Kier alpha value is -1.37. The van der Waals surface area contributed by atoms with Crippen LogP contribution < -0.4 is 5.73 Å². The zero-order valence-electron chi connectivity index (χ0n) is 8.58. The van der Waals surface area contributed by atoms with E-state index in [-0.39, 0.29) is 30.3 Å². The summed E-state index contributed by atoms with van der Waals surface area (Å²) in [6.45, 7) is 1.14. The van der Waals surface area contributed by atoms with Gasteiger partial charge in [-0.1, -0.05) is 12.1 Å². The molecule has 0 unspecified atom stereocenters. The number of nitro groups is 1. The molecule has 0 saturated carbocycles. The second kappa shape index (κ2) is 5.64. The maximum Gasteiger partial charge on any atom is 0.313 e. The van der Waals surface area contributed by atoms with Crippen molar-refractivity contribution in [1.29, 1.82) is 0 Å². The van der Waals surface area contributed by atoms with Crippen molar-refractivity contribution in [2.24, 2.45) is 5.73 Å². The topological polar surface area (TPSA) is 110 Å². The molecule has 0 aromatic heterocycles. The Labute approximate surface area is 98.3 Å². The Morgan fingerprint density at radius 3 is 2.56 bits per heavy atom. The lowest BCUT2D eigenvalue weighted by molar-refractivity contribution is -0.386. The number of nitrogens with zero attached hydrogens (tertiary/aromatic N) is 1. The van der Waals surface area contributed by atoms with Crippen LogP contribution in [-0.4, -0.2) is 21.7 Å². The number of hydrogen-bond acceptors (Lipinski definition) is 5. The predicted octanol–water partition coefficient (Wildman–Crippen LogP) is 1.02. The molecule has 1 aromatic rings. The molecule has 0 aliphatic heterocycles. The van der Waals surface area contributed by atoms with Gasteiger partial charge in [0.25, 0.3) is 0 Å². The lowest BCUT2D eigenvalue weighted by Gasteiger charge is -2.11. The molecule has 0 heterocycles. The largest absolute Gasteiger partial charge is 0.502 e. The molecule has 0 bridgehead atoms. The number of aliphatic hydroxyl groups is 1. The number of benzene rings is 1. The van der Waals surface area contributed by atoms with E-state index >= 15 is 0 Å². The van der Waals surface area contributed by atoms with E-state index in [1.54, 1.807) is 0 Å². The number of phenolic OH excluding ortho intramolecular Hbond substituents is 1. The first-order valence-corrected chi connectivity index (χ1v) is 4.32. The first kappa shape index (κ1) is 14.6. The normalized spacial score (nSPS) is 11.7. The van der Waals surface area contributed by atoms with Crippen molar-refractivity contribution in [2.75, 3.05) is 6.61 Å². The zero-order chi connectivity index (χ0) is 11.6. The Kier molecular flexibility index (Phi) is 5.16. The third-order valence-electron chi connectivity index (χ3n) is 2.16. The lowest BCUT2D eigenvalue weighted by atomic mass is 10.0. The molecule has 6 nitrogen and oxygen atoms in total. The highest BCUT2D eigenvalue weighted by atomic mass is 35.5. The molecule has 4 N–H and O–H groups in total. The minimum absolute atomic E-state index is 0. The summed E-state index contributed by atoms with van der Waals surface area (Å²) in [6.07, 6.45) is 0. The van der Waals surface area contributed by atoms with Crippen molar-refractivity contribution in [3.8, 4) is 5.75 Å². The number of aliphatic hydroxyl groups excluding tert-OH is 1. The minimum Gasteiger partial charge on any atom is -0.502 e. The van der Waals surface area contributed by atoms with E-state index in [4.69, 9.17) is 10.8 Å². The van der Waals surface area contributed by atoms with Gasteiger partial charge in [0.1, 0.15) is 0 Å². The average molecular weight is 249 g/mol. The van der Waals surface area contributed by atoms with Crippen LogP contribution in [0.5, 0.6) is 5.75 Å². The van der Waals surface area contributed by atoms with Gasteiger partial charge >= 0.3 is 5.69 Å². The van der Waals surface area contributed by atoms with E-state index in [2.05, 4.69) is 0 Å². The lowest BCUT2D eigenvalue weighted by Crippen LogP contribution is -2.15. The highest BCUT2D eigenvalue weighted by Crippen LogP contribution is 2.35. The van der Waals surface area contributed by atoms with Gasteiger partial charge in [-0.15, -0.1) is 12.4 Å². The van der Waals surface area contributed by atoms with Gasteiger partial charge in [-0.05, 0) is 6.92 Å². The maximum atomic E-state index is 10.6. The number of nitro benzene ring substituents is 1. The Balaban J connectivity index is 0.00000225. The summed E-state index contributed by atoms with van der Waals surface area (Å²) in [5.41, 5.74) is 5.65. The molecule has 16 heavy (non-hydrogen) atoms. The maximum absolute atomic E-state index is 10.6. The summed E-state index contributed by atoms with van der Waals surface area (Å²) in [5, 5.41) is 29.1. The van der Waals surface area contributed by atoms with Gasteiger partial charge in [0.05, 0.1) is 17.6 Å². The third-order valence-corrected chi connectivity index (χ3v) is 2.16. The second-order valence-corrected chi connectivity index (χ2v) is 3.22. The van der Waals surface area contributed by atoms with Crippen LogP contribution in [0.25, 0.3) is 0 Å². The summed E-state index contributed by atoms with van der Waals surface area (Å²) in [7, 11) is 0.